The van der Waals surface area contributed by atoms with Gasteiger partial charge in [-0.15, -0.1) is 0 Å². The zero-order valence-corrected chi connectivity index (χ0v) is 47.0. The number of unbranched alkanes of at least 4 members (excludes halogenated alkanes) is 22. The van der Waals surface area contributed by atoms with E-state index >= 15 is 0 Å². The summed E-state index contributed by atoms with van der Waals surface area (Å²) in [7, 11) is 0. The zero-order chi connectivity index (χ0) is 54.7. The van der Waals surface area contributed by atoms with E-state index in [1.165, 1.54) is 103 Å². The average Bonchev–Trinajstić information content (AvgIpc) is 3.39. The van der Waals surface area contributed by atoms with Crippen LogP contribution in [0.1, 0.15) is 239 Å². The van der Waals surface area contributed by atoms with Gasteiger partial charge < -0.3 is 39.0 Å². The summed E-state index contributed by atoms with van der Waals surface area (Å²) in [6, 6.07) is 0. The molecule has 0 radical (unpaired) electrons. The maximum Gasteiger partial charge on any atom is 0.335 e. The molecule has 1 aliphatic rings. The monoisotopic (exact) mass is 1050 g/mol. The van der Waals surface area contributed by atoms with Gasteiger partial charge in [0.05, 0.1) is 13.0 Å². The van der Waals surface area contributed by atoms with Gasteiger partial charge in [-0.2, -0.15) is 0 Å². The van der Waals surface area contributed by atoms with E-state index < -0.39 is 67.3 Å². The molecule has 75 heavy (non-hydrogen) atoms. The van der Waals surface area contributed by atoms with E-state index in [0.717, 1.165) is 77.0 Å². The number of carboxylic acids is 1. The van der Waals surface area contributed by atoms with Crippen molar-refractivity contribution in [1.29, 1.82) is 0 Å². The number of rotatable bonds is 49. The maximum absolute atomic E-state index is 13.1. The van der Waals surface area contributed by atoms with Crippen LogP contribution in [0.5, 0.6) is 0 Å². The normalized spacial score (nSPS) is 18.8. The Morgan fingerprint density at radius 1 is 0.467 bits per heavy atom. The Kier molecular flexibility index (Phi) is 46.6. The van der Waals surface area contributed by atoms with Crippen LogP contribution in [0.25, 0.3) is 0 Å². The summed E-state index contributed by atoms with van der Waals surface area (Å²) in [6.07, 6.45) is 53.0. The topological polar surface area (TPSA) is 175 Å². The van der Waals surface area contributed by atoms with Crippen molar-refractivity contribution < 1.29 is 58.2 Å². The molecule has 12 nitrogen and oxygen atoms in total. The average molecular weight is 1050 g/mol. The van der Waals surface area contributed by atoms with Gasteiger partial charge >= 0.3 is 23.9 Å². The summed E-state index contributed by atoms with van der Waals surface area (Å²) >= 11 is 0. The predicted molar refractivity (Wildman–Crippen MR) is 303 cm³/mol. The molecule has 1 saturated heterocycles. The van der Waals surface area contributed by atoms with Gasteiger partial charge in [-0.05, 0) is 77.0 Å². The quantitative estimate of drug-likeness (QED) is 0.0228. The molecular formula is C63H104O12. The molecule has 1 rings (SSSR count). The number of carboxylic acid groups (broad SMARTS) is 1. The number of aliphatic hydroxyl groups is 2. The van der Waals surface area contributed by atoms with Crippen LogP contribution in [0.4, 0.5) is 0 Å². The molecule has 6 atom stereocenters. The number of aliphatic carboxylic acids is 1. The van der Waals surface area contributed by atoms with Crippen molar-refractivity contribution in [3.63, 3.8) is 0 Å². The lowest BCUT2D eigenvalue weighted by Crippen LogP contribution is -2.61. The Morgan fingerprint density at radius 3 is 1.37 bits per heavy atom. The minimum Gasteiger partial charge on any atom is -0.479 e. The van der Waals surface area contributed by atoms with Gasteiger partial charge in [0, 0.05) is 12.8 Å². The van der Waals surface area contributed by atoms with Crippen LogP contribution in [0.2, 0.25) is 0 Å². The third-order valence-electron chi connectivity index (χ3n) is 13.0. The molecule has 1 heterocycles. The number of ether oxygens (including phenoxy) is 5. The summed E-state index contributed by atoms with van der Waals surface area (Å²) < 4.78 is 28.3. The highest BCUT2D eigenvalue weighted by atomic mass is 16.7. The van der Waals surface area contributed by atoms with Crippen LogP contribution in [-0.4, -0.2) is 89.2 Å². The Balaban J connectivity index is 2.70. The van der Waals surface area contributed by atoms with E-state index in [0.29, 0.717) is 19.3 Å². The number of aliphatic hydroxyl groups excluding tert-OH is 2. The van der Waals surface area contributed by atoms with Crippen LogP contribution in [0.3, 0.4) is 0 Å². The smallest absolute Gasteiger partial charge is 0.335 e. The van der Waals surface area contributed by atoms with Crippen molar-refractivity contribution in [2.24, 2.45) is 0 Å². The molecule has 12 heteroatoms. The second kappa shape index (κ2) is 50.7. The van der Waals surface area contributed by atoms with Gasteiger partial charge in [0.15, 0.2) is 24.6 Å². The molecule has 0 aliphatic carbocycles. The number of carbonyl (C=O) groups is 4. The first-order valence-corrected chi connectivity index (χ1v) is 29.6. The highest BCUT2D eigenvalue weighted by Crippen LogP contribution is 2.26. The van der Waals surface area contributed by atoms with Crippen molar-refractivity contribution in [3.8, 4) is 0 Å². The summed E-state index contributed by atoms with van der Waals surface area (Å²) in [5.41, 5.74) is 0. The van der Waals surface area contributed by atoms with Crippen LogP contribution in [-0.2, 0) is 42.9 Å². The van der Waals surface area contributed by atoms with Gasteiger partial charge in [-0.3, -0.25) is 14.4 Å². The Bertz CT molecular complexity index is 1630. The fourth-order valence-electron chi connectivity index (χ4n) is 8.47. The van der Waals surface area contributed by atoms with E-state index in [-0.39, 0.29) is 25.9 Å². The van der Waals surface area contributed by atoms with E-state index in [1.54, 1.807) is 12.2 Å². The largest absolute Gasteiger partial charge is 0.479 e. The SMILES string of the molecule is CC/C=C\C/C=C\C/C=C\C/C=C\C/C=C\CC(=O)OC1C(OCC(COC(=O)CCCCCCCCCCC/C=C\C/C=C\CCCCC)OC(=O)CCCCCCCCCCCCC)OC(C(=O)O)C(O)C1O. The fraction of sp³-hybridized carbons (Fsp3) is 0.714. The Hall–Kier alpha value is -4.10. The van der Waals surface area contributed by atoms with Gasteiger partial charge in [0.25, 0.3) is 0 Å². The molecule has 0 aromatic rings. The first-order chi connectivity index (χ1) is 36.6. The minimum absolute atomic E-state index is 0.151. The maximum atomic E-state index is 13.1. The number of carbonyl (C=O) groups excluding carboxylic acids is 3. The molecule has 0 saturated carbocycles. The summed E-state index contributed by atoms with van der Waals surface area (Å²) in [6.45, 7) is 5.80. The molecule has 3 N–H and O–H groups in total. The molecule has 1 fully saturated rings. The summed E-state index contributed by atoms with van der Waals surface area (Å²) in [5, 5.41) is 31.4. The van der Waals surface area contributed by atoms with Crippen molar-refractivity contribution in [2.75, 3.05) is 13.2 Å². The highest BCUT2D eigenvalue weighted by molar-refractivity contribution is 5.74. The number of hydrogen-bond acceptors (Lipinski definition) is 11. The van der Waals surface area contributed by atoms with Crippen molar-refractivity contribution in [2.45, 2.75) is 276 Å². The number of allylic oxidation sites excluding steroid dienone is 13. The van der Waals surface area contributed by atoms with Crippen LogP contribution in [0, 0.1) is 0 Å². The molecule has 0 amide bonds. The first kappa shape index (κ1) is 68.9. The second-order valence-corrected chi connectivity index (χ2v) is 19.9. The fourth-order valence-corrected chi connectivity index (χ4v) is 8.47. The van der Waals surface area contributed by atoms with Gasteiger partial charge in [-0.25, -0.2) is 4.79 Å². The van der Waals surface area contributed by atoms with E-state index in [1.807, 2.05) is 12.2 Å². The van der Waals surface area contributed by atoms with Crippen LogP contribution >= 0.6 is 0 Å². The molecule has 1 aliphatic heterocycles. The standard InChI is InChI=1S/C63H104O12/c1-4-7-10-13-16-19-22-24-26-27-28-29-31-32-35-37-40-43-46-49-55(64)71-52-54(73-56(65)50-47-44-41-38-34-21-18-15-12-9-6-3)53-72-63-61(59(68)58(67)60(75-63)62(69)70)74-57(66)51-48-45-42-39-36-33-30-25-23-20-17-14-11-8-5-2/h8,11,16-17,19-20,24-26,30,36,39,45,48,54,58-61,63,67-68H,4-7,9-10,12-15,18,21-23,27-29,31-35,37-38,40-44,46-47,49-53H2,1-3H3,(H,69,70)/b11-8-,19-16-,20-17-,26-24-,30-25-,39-36-,48-45-. The number of esters is 3. The third-order valence-corrected chi connectivity index (χ3v) is 13.0. The lowest BCUT2D eigenvalue weighted by molar-refractivity contribution is -0.301. The van der Waals surface area contributed by atoms with Gasteiger partial charge in [0.1, 0.15) is 18.8 Å². The molecule has 428 valence electrons. The van der Waals surface area contributed by atoms with Crippen LogP contribution < -0.4 is 0 Å². The second-order valence-electron chi connectivity index (χ2n) is 19.9. The van der Waals surface area contributed by atoms with Crippen molar-refractivity contribution >= 4 is 23.9 Å². The van der Waals surface area contributed by atoms with Gasteiger partial charge in [-0.1, -0.05) is 228 Å². The predicted octanol–water partition coefficient (Wildman–Crippen LogP) is 15.1. The Labute approximate surface area is 454 Å². The van der Waals surface area contributed by atoms with E-state index in [9.17, 15) is 34.5 Å². The number of hydrogen-bond donors (Lipinski definition) is 3. The van der Waals surface area contributed by atoms with Crippen LogP contribution in [0.15, 0.2) is 85.1 Å². The highest BCUT2D eigenvalue weighted by Gasteiger charge is 2.50. The summed E-state index contributed by atoms with van der Waals surface area (Å²) in [4.78, 5) is 51.0. The first-order valence-electron chi connectivity index (χ1n) is 29.6. The zero-order valence-electron chi connectivity index (χ0n) is 47.0. The molecule has 0 aromatic heterocycles. The molecule has 0 aromatic carbocycles. The lowest BCUT2D eigenvalue weighted by atomic mass is 9.98. The molecular weight excluding hydrogens is 949 g/mol. The van der Waals surface area contributed by atoms with E-state index in [2.05, 4.69) is 81.5 Å². The van der Waals surface area contributed by atoms with E-state index in [4.69, 9.17) is 23.7 Å². The Morgan fingerprint density at radius 2 is 0.880 bits per heavy atom. The van der Waals surface area contributed by atoms with Crippen molar-refractivity contribution in [1.82, 2.24) is 0 Å². The van der Waals surface area contributed by atoms with Gasteiger partial charge in [0.2, 0.25) is 0 Å². The molecule has 0 spiro atoms. The summed E-state index contributed by atoms with van der Waals surface area (Å²) in [5.74, 6) is -3.28. The third kappa shape index (κ3) is 40.8. The lowest BCUT2D eigenvalue weighted by Gasteiger charge is -2.40. The molecule has 6 unspecified atom stereocenters. The van der Waals surface area contributed by atoms with Crippen molar-refractivity contribution in [3.05, 3.63) is 85.1 Å². The molecule has 0 bridgehead atoms. The minimum atomic E-state index is -1.94.